The second kappa shape index (κ2) is 11.1. The summed E-state index contributed by atoms with van der Waals surface area (Å²) in [5, 5.41) is 10.9. The van der Waals surface area contributed by atoms with Gasteiger partial charge in [0.25, 0.3) is 5.91 Å². The largest absolute Gasteiger partial charge is 0.353 e. The van der Waals surface area contributed by atoms with Gasteiger partial charge in [0.1, 0.15) is 5.82 Å². The smallest absolute Gasteiger partial charge is 0.317 e. The summed E-state index contributed by atoms with van der Waals surface area (Å²) in [7, 11) is 3.95. The lowest BCUT2D eigenvalue weighted by Crippen LogP contribution is -2.51. The van der Waals surface area contributed by atoms with Crippen molar-refractivity contribution < 1.29 is 9.59 Å². The Bertz CT molecular complexity index is 1580. The summed E-state index contributed by atoms with van der Waals surface area (Å²) in [6.45, 7) is 6.82. The van der Waals surface area contributed by atoms with Crippen molar-refractivity contribution in [3.05, 3.63) is 94.9 Å². The van der Waals surface area contributed by atoms with Gasteiger partial charge < -0.3 is 25.0 Å². The van der Waals surface area contributed by atoms with Crippen LogP contribution in [-0.2, 0) is 33.7 Å². The normalized spacial score (nSPS) is 15.1. The summed E-state index contributed by atoms with van der Waals surface area (Å²) in [5.41, 5.74) is 6.48. The van der Waals surface area contributed by atoms with Crippen LogP contribution in [0, 0.1) is 6.92 Å². The third kappa shape index (κ3) is 5.43. The van der Waals surface area contributed by atoms with Crippen LogP contribution in [0.4, 0.5) is 22.0 Å². The molecule has 0 radical (unpaired) electrons. The maximum absolute atomic E-state index is 13.8. The number of nitrogens with zero attached hydrogens (tertiary/aromatic N) is 6. The van der Waals surface area contributed by atoms with Gasteiger partial charge in [0.2, 0.25) is 0 Å². The highest BCUT2D eigenvalue weighted by Crippen LogP contribution is 2.36. The molecule has 0 aliphatic carbocycles. The number of carbonyl (C=O) groups excluding carboxylic acids is 2. The number of aryl methyl sites for hydroxylation is 3. The van der Waals surface area contributed by atoms with Gasteiger partial charge in [-0.1, -0.05) is 18.2 Å². The fraction of sp³-hybridized carbons (Fsp3) is 0.323. The molecule has 0 spiro atoms. The monoisotopic (exact) mass is 552 g/mol. The van der Waals surface area contributed by atoms with Crippen LogP contribution >= 0.6 is 0 Å². The van der Waals surface area contributed by atoms with Crippen molar-refractivity contribution in [2.75, 3.05) is 36.4 Å². The fourth-order valence-electron chi connectivity index (χ4n) is 5.60. The number of para-hydroxylation sites is 2. The van der Waals surface area contributed by atoms with Gasteiger partial charge in [0.15, 0.2) is 0 Å². The molecule has 4 heterocycles. The molecule has 4 aromatic rings. The summed E-state index contributed by atoms with van der Waals surface area (Å²) in [6, 6.07) is 17.7. The van der Waals surface area contributed by atoms with E-state index in [4.69, 9.17) is 0 Å². The van der Waals surface area contributed by atoms with Crippen LogP contribution in [0.2, 0.25) is 0 Å². The van der Waals surface area contributed by atoms with Crippen LogP contribution in [0.5, 0.6) is 0 Å². The molecule has 0 saturated carbocycles. The van der Waals surface area contributed by atoms with Crippen LogP contribution in [0.15, 0.2) is 67.0 Å². The number of fused-ring (bicyclic) bond motifs is 2. The number of amides is 3. The van der Waals surface area contributed by atoms with Crippen LogP contribution in [0.1, 0.15) is 32.7 Å². The third-order valence-corrected chi connectivity index (χ3v) is 8.15. The highest BCUT2D eigenvalue weighted by Gasteiger charge is 2.27. The fourth-order valence-corrected chi connectivity index (χ4v) is 5.60. The maximum atomic E-state index is 13.8. The lowest BCUT2D eigenvalue weighted by Gasteiger charge is -2.34. The van der Waals surface area contributed by atoms with E-state index in [2.05, 4.69) is 50.6 Å². The summed E-state index contributed by atoms with van der Waals surface area (Å²) in [5.74, 6) is 0.801. The molecule has 2 aromatic carbocycles. The number of carbonyl (C=O) groups is 2. The second-order valence-corrected chi connectivity index (χ2v) is 10.8. The van der Waals surface area contributed by atoms with Crippen molar-refractivity contribution in [2.24, 2.45) is 14.1 Å². The van der Waals surface area contributed by atoms with Crippen LogP contribution in [0.25, 0.3) is 0 Å². The summed E-state index contributed by atoms with van der Waals surface area (Å²) in [4.78, 5) is 32.8. The molecule has 2 aliphatic rings. The summed E-state index contributed by atoms with van der Waals surface area (Å²) >= 11 is 0. The Labute approximate surface area is 240 Å². The molecule has 41 heavy (non-hydrogen) atoms. The van der Waals surface area contributed by atoms with Crippen molar-refractivity contribution in [1.82, 2.24) is 29.5 Å². The van der Waals surface area contributed by atoms with Crippen LogP contribution < -0.4 is 15.5 Å². The lowest BCUT2D eigenvalue weighted by atomic mass is 10.0. The molecule has 2 aromatic heterocycles. The number of hydrogen-bond acceptors (Lipinski definition) is 5. The standard InChI is InChI=1S/C31H36N8O2/c1-22-17-23(30(40)39-20-25-19-33-36(3)29(25)34-27-8-4-5-9-28(27)39)10-11-24(22)18-32-31(41)38-15-13-37(14-16-38)21-26-7-6-12-35(26)2/h4-12,17,19,34H,13-16,18,20-21H2,1-3H3,(H,32,41). The van der Waals surface area contributed by atoms with Crippen molar-refractivity contribution in [2.45, 2.75) is 26.6 Å². The Balaban J connectivity index is 1.08. The Morgan fingerprint density at radius 1 is 1.00 bits per heavy atom. The third-order valence-electron chi connectivity index (χ3n) is 8.15. The molecular weight excluding hydrogens is 516 g/mol. The minimum absolute atomic E-state index is 0.0518. The number of aromatic nitrogens is 3. The van der Waals surface area contributed by atoms with E-state index in [0.717, 1.165) is 53.5 Å². The van der Waals surface area contributed by atoms with Crippen LogP contribution in [0.3, 0.4) is 0 Å². The average Bonchev–Trinajstić information content (AvgIpc) is 3.49. The lowest BCUT2D eigenvalue weighted by molar-refractivity contribution is 0.0985. The zero-order valence-electron chi connectivity index (χ0n) is 23.8. The molecule has 2 N–H and O–H groups in total. The van der Waals surface area contributed by atoms with Gasteiger partial charge >= 0.3 is 6.03 Å². The number of benzene rings is 2. The average molecular weight is 553 g/mol. The van der Waals surface area contributed by atoms with E-state index in [9.17, 15) is 9.59 Å². The van der Waals surface area contributed by atoms with Gasteiger partial charge in [-0.15, -0.1) is 0 Å². The predicted molar refractivity (Wildman–Crippen MR) is 159 cm³/mol. The maximum Gasteiger partial charge on any atom is 0.317 e. The zero-order valence-corrected chi connectivity index (χ0v) is 23.8. The van der Waals surface area contributed by atoms with Crippen molar-refractivity contribution in [3.8, 4) is 0 Å². The Morgan fingerprint density at radius 2 is 1.80 bits per heavy atom. The first kappa shape index (κ1) is 26.6. The first-order valence-corrected chi connectivity index (χ1v) is 14.0. The topological polar surface area (TPSA) is 90.7 Å². The molecule has 212 valence electrons. The SMILES string of the molecule is Cc1cc(C(=O)N2Cc3cnn(C)c3Nc3ccccc32)ccc1CNC(=O)N1CCN(Cc2cccn2C)CC1. The van der Waals surface area contributed by atoms with Gasteiger partial charge in [0, 0.05) is 76.4 Å². The van der Waals surface area contributed by atoms with Gasteiger partial charge in [-0.3, -0.25) is 14.4 Å². The Kier molecular flexibility index (Phi) is 7.23. The minimum atomic E-state index is -0.0807. The Hall–Kier alpha value is -4.57. The van der Waals surface area contributed by atoms with Gasteiger partial charge in [0.05, 0.1) is 24.1 Å². The van der Waals surface area contributed by atoms with Crippen LogP contribution in [-0.4, -0.2) is 62.3 Å². The highest BCUT2D eigenvalue weighted by atomic mass is 16.2. The van der Waals surface area contributed by atoms with E-state index in [-0.39, 0.29) is 11.9 Å². The number of nitrogens with one attached hydrogen (secondary N) is 2. The van der Waals surface area contributed by atoms with E-state index >= 15 is 0 Å². The summed E-state index contributed by atoms with van der Waals surface area (Å²) < 4.78 is 3.93. The number of urea groups is 1. The van der Waals surface area contributed by atoms with E-state index in [1.165, 1.54) is 5.69 Å². The molecule has 3 amide bonds. The summed E-state index contributed by atoms with van der Waals surface area (Å²) in [6.07, 6.45) is 3.86. The number of piperazine rings is 1. The minimum Gasteiger partial charge on any atom is -0.353 e. The predicted octanol–water partition coefficient (Wildman–Crippen LogP) is 4.00. The molecule has 0 atom stereocenters. The van der Waals surface area contributed by atoms with Crippen molar-refractivity contribution >= 4 is 29.1 Å². The first-order valence-electron chi connectivity index (χ1n) is 14.0. The molecule has 10 heteroatoms. The molecule has 1 fully saturated rings. The zero-order chi connectivity index (χ0) is 28.5. The second-order valence-electron chi connectivity index (χ2n) is 10.8. The van der Waals surface area contributed by atoms with E-state index in [0.29, 0.717) is 31.7 Å². The molecule has 10 nitrogen and oxygen atoms in total. The molecule has 0 unspecified atom stereocenters. The van der Waals surface area contributed by atoms with Gasteiger partial charge in [-0.05, 0) is 54.4 Å². The molecule has 6 rings (SSSR count). The molecule has 1 saturated heterocycles. The molecule has 2 aliphatic heterocycles. The Morgan fingerprint density at radius 3 is 2.56 bits per heavy atom. The number of rotatable bonds is 5. The van der Waals surface area contributed by atoms with Gasteiger partial charge in [-0.25, -0.2) is 4.79 Å². The highest BCUT2D eigenvalue weighted by molar-refractivity contribution is 6.08. The van der Waals surface area contributed by atoms with Gasteiger partial charge in [-0.2, -0.15) is 5.10 Å². The van der Waals surface area contributed by atoms with E-state index < -0.39 is 0 Å². The first-order chi connectivity index (χ1) is 19.9. The number of anilines is 3. The van der Waals surface area contributed by atoms with E-state index in [1.54, 1.807) is 15.8 Å². The van der Waals surface area contributed by atoms with E-state index in [1.807, 2.05) is 61.3 Å². The molecular formula is C31H36N8O2. The van der Waals surface area contributed by atoms with Crippen molar-refractivity contribution in [3.63, 3.8) is 0 Å². The van der Waals surface area contributed by atoms with Crippen molar-refractivity contribution in [1.29, 1.82) is 0 Å². The quantitative estimate of drug-likeness (QED) is 0.391. The number of hydrogen-bond donors (Lipinski definition) is 2. The molecule has 0 bridgehead atoms.